The maximum absolute atomic E-state index is 3.55. The molecule has 2 heterocycles. The summed E-state index contributed by atoms with van der Waals surface area (Å²) in [5.41, 5.74) is 2.76. The van der Waals surface area contributed by atoms with Crippen molar-refractivity contribution in [3.8, 4) is 0 Å². The van der Waals surface area contributed by atoms with Crippen molar-refractivity contribution < 1.29 is 0 Å². The first kappa shape index (κ1) is 13.2. The Morgan fingerprint density at radius 3 is 3.00 bits per heavy atom. The fraction of sp³-hybridized carbons (Fsp3) is 0.333. The van der Waals surface area contributed by atoms with Crippen LogP contribution in [0, 0.1) is 0 Å². The molecule has 0 radical (unpaired) electrons. The van der Waals surface area contributed by atoms with Gasteiger partial charge in [-0.25, -0.2) is 0 Å². The summed E-state index contributed by atoms with van der Waals surface area (Å²) in [6.45, 7) is 5.34. The zero-order valence-electron chi connectivity index (χ0n) is 10.9. The van der Waals surface area contributed by atoms with Gasteiger partial charge in [-0.3, -0.25) is 0 Å². The van der Waals surface area contributed by atoms with Crippen LogP contribution in [0.5, 0.6) is 0 Å². The Hall–Kier alpha value is -0.840. The van der Waals surface area contributed by atoms with Crippen molar-refractivity contribution in [2.75, 3.05) is 18.0 Å². The molecule has 0 spiro atoms. The molecule has 1 N–H and O–H groups in total. The summed E-state index contributed by atoms with van der Waals surface area (Å²) < 4.78 is 1.18. The molecule has 0 saturated carbocycles. The van der Waals surface area contributed by atoms with Gasteiger partial charge < -0.3 is 10.2 Å². The van der Waals surface area contributed by atoms with E-state index in [2.05, 4.69) is 68.8 Å². The zero-order chi connectivity index (χ0) is 13.2. The van der Waals surface area contributed by atoms with Crippen molar-refractivity contribution in [3.05, 3.63) is 50.6 Å². The van der Waals surface area contributed by atoms with Gasteiger partial charge in [-0.15, -0.1) is 11.3 Å². The first-order chi connectivity index (χ1) is 9.25. The summed E-state index contributed by atoms with van der Waals surface area (Å²) in [5.74, 6) is 0. The van der Waals surface area contributed by atoms with Crippen LogP contribution in [0.15, 0.2) is 40.2 Å². The summed E-state index contributed by atoms with van der Waals surface area (Å²) in [4.78, 5) is 3.91. The van der Waals surface area contributed by atoms with E-state index in [4.69, 9.17) is 0 Å². The monoisotopic (exact) mass is 336 g/mol. The third kappa shape index (κ3) is 2.71. The smallest absolute Gasteiger partial charge is 0.0608 e. The Morgan fingerprint density at radius 2 is 2.21 bits per heavy atom. The highest BCUT2D eigenvalue weighted by Crippen LogP contribution is 2.34. The molecule has 4 heteroatoms. The minimum Gasteiger partial charge on any atom is -0.362 e. The van der Waals surface area contributed by atoms with Crippen molar-refractivity contribution in [1.29, 1.82) is 0 Å². The number of fused-ring (bicyclic) bond motifs is 1. The van der Waals surface area contributed by atoms with Gasteiger partial charge in [0.25, 0.3) is 0 Å². The lowest BCUT2D eigenvalue weighted by Gasteiger charge is -2.30. The quantitative estimate of drug-likeness (QED) is 0.884. The maximum Gasteiger partial charge on any atom is 0.0608 e. The topological polar surface area (TPSA) is 15.3 Å². The number of anilines is 1. The number of rotatable bonds is 2. The Morgan fingerprint density at radius 1 is 1.37 bits per heavy atom. The predicted octanol–water partition coefficient (Wildman–Crippen LogP) is 4.18. The van der Waals surface area contributed by atoms with Gasteiger partial charge in [0.2, 0.25) is 0 Å². The largest absolute Gasteiger partial charge is 0.362 e. The molecule has 0 bridgehead atoms. The number of hydrogen-bond acceptors (Lipinski definition) is 3. The average Bonchev–Trinajstić information content (AvgIpc) is 2.74. The fourth-order valence-electron chi connectivity index (χ4n) is 2.59. The minimum atomic E-state index is 0.414. The van der Waals surface area contributed by atoms with Crippen LogP contribution >= 0.6 is 27.3 Å². The van der Waals surface area contributed by atoms with Gasteiger partial charge in [-0.1, -0.05) is 18.2 Å². The van der Waals surface area contributed by atoms with Crippen LogP contribution in [-0.4, -0.2) is 13.1 Å². The summed E-state index contributed by atoms with van der Waals surface area (Å²) in [6.07, 6.45) is 0. The van der Waals surface area contributed by atoms with Gasteiger partial charge in [0.1, 0.15) is 0 Å². The first-order valence-electron chi connectivity index (χ1n) is 6.55. The van der Waals surface area contributed by atoms with Crippen LogP contribution in [0.1, 0.15) is 23.4 Å². The summed E-state index contributed by atoms with van der Waals surface area (Å²) in [6, 6.07) is 11.4. The van der Waals surface area contributed by atoms with E-state index in [0.29, 0.717) is 6.04 Å². The van der Waals surface area contributed by atoms with Crippen molar-refractivity contribution in [1.82, 2.24) is 5.32 Å². The molecule has 0 saturated heterocycles. The van der Waals surface area contributed by atoms with E-state index < -0.39 is 0 Å². The van der Waals surface area contributed by atoms with E-state index in [0.717, 1.165) is 19.6 Å². The molecule has 0 aliphatic carbocycles. The maximum atomic E-state index is 3.55. The van der Waals surface area contributed by atoms with Crippen LogP contribution in [-0.2, 0) is 6.54 Å². The highest BCUT2D eigenvalue weighted by molar-refractivity contribution is 9.10. The van der Waals surface area contributed by atoms with E-state index in [1.54, 1.807) is 0 Å². The fourth-order valence-corrected chi connectivity index (χ4v) is 4.10. The van der Waals surface area contributed by atoms with Crippen molar-refractivity contribution in [2.45, 2.75) is 19.5 Å². The second-order valence-corrected chi connectivity index (χ2v) is 6.70. The van der Waals surface area contributed by atoms with Crippen molar-refractivity contribution in [3.63, 3.8) is 0 Å². The molecule has 1 aliphatic heterocycles. The molecule has 1 aliphatic rings. The molecule has 19 heavy (non-hydrogen) atoms. The number of nitrogens with zero attached hydrogens (tertiary/aromatic N) is 1. The second kappa shape index (κ2) is 5.65. The highest BCUT2D eigenvalue weighted by atomic mass is 79.9. The Balaban J connectivity index is 1.95. The minimum absolute atomic E-state index is 0.414. The van der Waals surface area contributed by atoms with Crippen LogP contribution in [0.2, 0.25) is 0 Å². The van der Waals surface area contributed by atoms with Crippen molar-refractivity contribution in [2.24, 2.45) is 0 Å². The molecule has 2 nitrogen and oxygen atoms in total. The molecule has 1 atom stereocenters. The third-order valence-corrected chi connectivity index (χ3v) is 5.48. The van der Waals surface area contributed by atoms with E-state index in [-0.39, 0.29) is 0 Å². The molecular weight excluding hydrogens is 320 g/mol. The third-order valence-electron chi connectivity index (χ3n) is 3.61. The van der Waals surface area contributed by atoms with Gasteiger partial charge in [0, 0.05) is 40.1 Å². The van der Waals surface area contributed by atoms with Gasteiger partial charge >= 0.3 is 0 Å². The molecule has 3 rings (SSSR count). The lowest BCUT2D eigenvalue weighted by Crippen LogP contribution is -2.30. The van der Waals surface area contributed by atoms with Crippen LogP contribution < -0.4 is 10.2 Å². The summed E-state index contributed by atoms with van der Waals surface area (Å²) >= 11 is 5.37. The van der Waals surface area contributed by atoms with Gasteiger partial charge in [-0.05, 0) is 40.5 Å². The van der Waals surface area contributed by atoms with E-state index in [9.17, 15) is 0 Å². The lowest BCUT2D eigenvalue weighted by atomic mass is 10.1. The molecule has 100 valence electrons. The van der Waals surface area contributed by atoms with E-state index in [1.165, 1.54) is 20.6 Å². The number of halogens is 1. The number of para-hydroxylation sites is 1. The molecule has 1 aromatic heterocycles. The molecule has 0 fully saturated rings. The van der Waals surface area contributed by atoms with Gasteiger partial charge in [0.05, 0.1) is 6.04 Å². The zero-order valence-corrected chi connectivity index (χ0v) is 13.3. The molecule has 0 amide bonds. The Labute approximate surface area is 126 Å². The van der Waals surface area contributed by atoms with Crippen LogP contribution in [0.4, 0.5) is 5.69 Å². The normalized spacial score (nSPS) is 16.8. The van der Waals surface area contributed by atoms with Gasteiger partial charge in [-0.2, -0.15) is 0 Å². The second-order valence-electron chi connectivity index (χ2n) is 4.84. The standard InChI is InChI=1S/C15H17BrN2S/c1-11(15-8-13(16)10-19-15)18-7-6-17-9-12-4-2-3-5-14(12)18/h2-5,8,10-11,17H,6-7,9H2,1H3. The Bertz CT molecular complexity index is 567. The van der Waals surface area contributed by atoms with Crippen LogP contribution in [0.3, 0.4) is 0 Å². The highest BCUT2D eigenvalue weighted by Gasteiger charge is 2.21. The Kier molecular flexibility index (Phi) is 3.91. The molecule has 2 aromatic rings. The SMILES string of the molecule is CC(c1cc(Br)cs1)N1CCNCc2ccccc21. The molecule has 1 aromatic carbocycles. The number of thiophene rings is 1. The van der Waals surface area contributed by atoms with Gasteiger partial charge in [0.15, 0.2) is 0 Å². The van der Waals surface area contributed by atoms with E-state index >= 15 is 0 Å². The summed E-state index contributed by atoms with van der Waals surface area (Å²) in [5, 5.41) is 5.66. The number of benzene rings is 1. The molecule has 1 unspecified atom stereocenters. The first-order valence-corrected chi connectivity index (χ1v) is 8.22. The number of hydrogen-bond donors (Lipinski definition) is 1. The number of nitrogens with one attached hydrogen (secondary N) is 1. The summed E-state index contributed by atoms with van der Waals surface area (Å²) in [7, 11) is 0. The lowest BCUT2D eigenvalue weighted by molar-refractivity contribution is 0.644. The van der Waals surface area contributed by atoms with Crippen molar-refractivity contribution >= 4 is 33.0 Å². The van der Waals surface area contributed by atoms with E-state index in [1.807, 2.05) is 11.3 Å². The van der Waals surface area contributed by atoms with Crippen LogP contribution in [0.25, 0.3) is 0 Å². The average molecular weight is 337 g/mol. The molecular formula is C15H17BrN2S. The predicted molar refractivity (Wildman–Crippen MR) is 85.9 cm³/mol.